The molecule has 4 heteroatoms. The maximum atomic E-state index is 9.83. The van der Waals surface area contributed by atoms with Crippen LogP contribution < -0.4 is 5.32 Å². The minimum Gasteiger partial charge on any atom is -0.389 e. The first kappa shape index (κ1) is 16.9. The van der Waals surface area contributed by atoms with Crippen LogP contribution >= 0.6 is 0 Å². The largest absolute Gasteiger partial charge is 0.389 e. The quantitative estimate of drug-likeness (QED) is 0.737. The number of nitrogens with zero attached hydrogens (tertiary/aromatic N) is 1. The molecule has 1 aliphatic rings. The SMILES string of the molecule is CCN1CCC(CNCC(O)COC(C)(C)C)CC1. The second-order valence-electron chi connectivity index (χ2n) is 6.61. The number of hydrogen-bond acceptors (Lipinski definition) is 4. The Bertz CT molecular complexity index is 233. The second-order valence-corrected chi connectivity index (χ2v) is 6.61. The lowest BCUT2D eigenvalue weighted by atomic mass is 9.97. The van der Waals surface area contributed by atoms with Gasteiger partial charge in [0.25, 0.3) is 0 Å². The minimum absolute atomic E-state index is 0.173. The van der Waals surface area contributed by atoms with E-state index in [1.807, 2.05) is 20.8 Å². The molecule has 0 aromatic heterocycles. The summed E-state index contributed by atoms with van der Waals surface area (Å²) in [6.07, 6.45) is 2.14. The molecule has 0 aromatic carbocycles. The van der Waals surface area contributed by atoms with Crippen molar-refractivity contribution in [3.63, 3.8) is 0 Å². The number of ether oxygens (including phenoxy) is 1. The lowest BCUT2D eigenvalue weighted by molar-refractivity contribution is -0.0480. The zero-order chi connectivity index (χ0) is 14.3. The van der Waals surface area contributed by atoms with Crippen LogP contribution in [0, 0.1) is 5.92 Å². The van der Waals surface area contributed by atoms with Gasteiger partial charge in [0, 0.05) is 6.54 Å². The molecule has 0 radical (unpaired) electrons. The first-order chi connectivity index (χ1) is 8.90. The number of likely N-dealkylation sites (tertiary alicyclic amines) is 1. The van der Waals surface area contributed by atoms with Crippen molar-refractivity contribution >= 4 is 0 Å². The molecule has 1 atom stereocenters. The molecular formula is C15H32N2O2. The fourth-order valence-electron chi connectivity index (χ4n) is 2.37. The van der Waals surface area contributed by atoms with Gasteiger partial charge in [-0.1, -0.05) is 6.92 Å². The highest BCUT2D eigenvalue weighted by Crippen LogP contribution is 2.15. The third-order valence-corrected chi connectivity index (χ3v) is 3.68. The van der Waals surface area contributed by atoms with Gasteiger partial charge in [-0.2, -0.15) is 0 Å². The molecule has 1 saturated heterocycles. The summed E-state index contributed by atoms with van der Waals surface area (Å²) in [6, 6.07) is 0. The maximum Gasteiger partial charge on any atom is 0.0897 e. The van der Waals surface area contributed by atoms with Gasteiger partial charge >= 0.3 is 0 Å². The first-order valence-electron chi connectivity index (χ1n) is 7.66. The highest BCUT2D eigenvalue weighted by atomic mass is 16.5. The molecule has 0 aliphatic carbocycles. The number of piperidine rings is 1. The van der Waals surface area contributed by atoms with Crippen molar-refractivity contribution in [1.29, 1.82) is 0 Å². The smallest absolute Gasteiger partial charge is 0.0897 e. The van der Waals surface area contributed by atoms with Crippen LogP contribution in [0.2, 0.25) is 0 Å². The monoisotopic (exact) mass is 272 g/mol. The van der Waals surface area contributed by atoms with Crippen molar-refractivity contribution < 1.29 is 9.84 Å². The van der Waals surface area contributed by atoms with Gasteiger partial charge in [-0.05, 0) is 65.7 Å². The van der Waals surface area contributed by atoms with Crippen LogP contribution in [-0.2, 0) is 4.74 Å². The van der Waals surface area contributed by atoms with E-state index in [9.17, 15) is 5.11 Å². The van der Waals surface area contributed by atoms with E-state index in [4.69, 9.17) is 4.74 Å². The summed E-state index contributed by atoms with van der Waals surface area (Å²) in [5.41, 5.74) is -0.173. The van der Waals surface area contributed by atoms with Crippen LogP contribution in [0.25, 0.3) is 0 Å². The molecule has 2 N–H and O–H groups in total. The van der Waals surface area contributed by atoms with E-state index >= 15 is 0 Å². The summed E-state index contributed by atoms with van der Waals surface area (Å²) in [5, 5.41) is 13.2. The molecule has 0 aromatic rings. The summed E-state index contributed by atoms with van der Waals surface area (Å²) < 4.78 is 5.57. The predicted octanol–water partition coefficient (Wildman–Crippen LogP) is 1.48. The molecule has 1 fully saturated rings. The topological polar surface area (TPSA) is 44.7 Å². The Balaban J connectivity index is 2.04. The van der Waals surface area contributed by atoms with Gasteiger partial charge < -0.3 is 20.1 Å². The number of nitrogens with one attached hydrogen (secondary N) is 1. The molecule has 4 nitrogen and oxygen atoms in total. The van der Waals surface area contributed by atoms with Crippen LogP contribution in [0.5, 0.6) is 0 Å². The van der Waals surface area contributed by atoms with Gasteiger partial charge in [-0.25, -0.2) is 0 Å². The molecule has 0 saturated carbocycles. The highest BCUT2D eigenvalue weighted by molar-refractivity contribution is 4.74. The minimum atomic E-state index is -0.407. The molecule has 0 bridgehead atoms. The van der Waals surface area contributed by atoms with E-state index in [2.05, 4.69) is 17.1 Å². The van der Waals surface area contributed by atoms with E-state index in [0.29, 0.717) is 13.2 Å². The maximum absolute atomic E-state index is 9.83. The summed E-state index contributed by atoms with van der Waals surface area (Å²) in [5.74, 6) is 0.763. The van der Waals surface area contributed by atoms with Gasteiger partial charge in [0.15, 0.2) is 0 Å². The zero-order valence-electron chi connectivity index (χ0n) is 13.1. The first-order valence-corrected chi connectivity index (χ1v) is 7.66. The third kappa shape index (κ3) is 7.88. The van der Waals surface area contributed by atoms with Crippen LogP contribution in [0.3, 0.4) is 0 Å². The van der Waals surface area contributed by atoms with Crippen molar-refractivity contribution in [1.82, 2.24) is 10.2 Å². The molecule has 0 amide bonds. The Morgan fingerprint density at radius 3 is 2.47 bits per heavy atom. The fourth-order valence-corrected chi connectivity index (χ4v) is 2.37. The zero-order valence-corrected chi connectivity index (χ0v) is 13.1. The Morgan fingerprint density at radius 2 is 1.95 bits per heavy atom. The van der Waals surface area contributed by atoms with Gasteiger partial charge in [0.2, 0.25) is 0 Å². The second kappa shape index (κ2) is 8.20. The van der Waals surface area contributed by atoms with E-state index in [0.717, 1.165) is 12.5 Å². The molecule has 1 heterocycles. The molecule has 0 spiro atoms. The normalized spacial score (nSPS) is 20.7. The third-order valence-electron chi connectivity index (χ3n) is 3.68. The van der Waals surface area contributed by atoms with Crippen LogP contribution in [0.15, 0.2) is 0 Å². The molecule has 19 heavy (non-hydrogen) atoms. The van der Waals surface area contributed by atoms with Crippen molar-refractivity contribution in [3.05, 3.63) is 0 Å². The van der Waals surface area contributed by atoms with Crippen molar-refractivity contribution in [2.75, 3.05) is 39.3 Å². The van der Waals surface area contributed by atoms with Crippen LogP contribution in [-0.4, -0.2) is 61.0 Å². The predicted molar refractivity (Wildman–Crippen MR) is 79.4 cm³/mol. The average Bonchev–Trinajstić information content (AvgIpc) is 2.36. The average molecular weight is 272 g/mol. The fraction of sp³-hybridized carbons (Fsp3) is 1.00. The van der Waals surface area contributed by atoms with E-state index < -0.39 is 6.10 Å². The Kier molecular flexibility index (Phi) is 7.29. The van der Waals surface area contributed by atoms with Gasteiger partial charge in [-0.3, -0.25) is 0 Å². The molecule has 114 valence electrons. The standard InChI is InChI=1S/C15H32N2O2/c1-5-17-8-6-13(7-9-17)10-16-11-14(18)12-19-15(2,3)4/h13-14,16,18H,5-12H2,1-4H3. The number of aliphatic hydroxyl groups excluding tert-OH is 1. The van der Waals surface area contributed by atoms with Crippen molar-refractivity contribution in [3.8, 4) is 0 Å². The Labute approximate surface area is 118 Å². The van der Waals surface area contributed by atoms with Crippen molar-refractivity contribution in [2.45, 2.75) is 52.2 Å². The molecule has 1 aliphatic heterocycles. The van der Waals surface area contributed by atoms with Crippen LogP contribution in [0.4, 0.5) is 0 Å². The summed E-state index contributed by atoms with van der Waals surface area (Å²) in [7, 11) is 0. The van der Waals surface area contributed by atoms with Gasteiger partial charge in [0.1, 0.15) is 0 Å². The highest BCUT2D eigenvalue weighted by Gasteiger charge is 2.18. The number of rotatable bonds is 7. The summed E-state index contributed by atoms with van der Waals surface area (Å²) in [4.78, 5) is 2.50. The molecule has 1 rings (SSSR count). The van der Waals surface area contributed by atoms with E-state index in [-0.39, 0.29) is 5.60 Å². The van der Waals surface area contributed by atoms with Crippen LogP contribution in [0.1, 0.15) is 40.5 Å². The van der Waals surface area contributed by atoms with Gasteiger partial charge in [-0.15, -0.1) is 0 Å². The molecule has 1 unspecified atom stereocenters. The lowest BCUT2D eigenvalue weighted by Crippen LogP contribution is -2.39. The van der Waals surface area contributed by atoms with E-state index in [1.165, 1.54) is 32.5 Å². The van der Waals surface area contributed by atoms with E-state index in [1.54, 1.807) is 0 Å². The Hall–Kier alpha value is -0.160. The summed E-state index contributed by atoms with van der Waals surface area (Å²) >= 11 is 0. The van der Waals surface area contributed by atoms with Crippen molar-refractivity contribution in [2.24, 2.45) is 5.92 Å². The van der Waals surface area contributed by atoms with Gasteiger partial charge in [0.05, 0.1) is 18.3 Å². The number of hydrogen-bond donors (Lipinski definition) is 2. The molecular weight excluding hydrogens is 240 g/mol. The Morgan fingerprint density at radius 1 is 1.32 bits per heavy atom. The number of aliphatic hydroxyl groups is 1. The summed E-state index contributed by atoms with van der Waals surface area (Å²) in [6.45, 7) is 13.9. The lowest BCUT2D eigenvalue weighted by Gasteiger charge is -2.31.